The highest BCUT2D eigenvalue weighted by atomic mass is 35.7. The van der Waals surface area contributed by atoms with Crippen LogP contribution in [-0.2, 0) is 53.0 Å². The van der Waals surface area contributed by atoms with Crippen molar-refractivity contribution in [3.05, 3.63) is 91.0 Å². The number of hydrogen-bond acceptors (Lipinski definition) is 12. The highest BCUT2D eigenvalue weighted by Crippen LogP contribution is 2.26. The molecule has 0 radical (unpaired) electrons. The largest absolute Gasteiger partial charge is 0.481 e. The van der Waals surface area contributed by atoms with Crippen LogP contribution in [0.25, 0.3) is 0 Å². The Kier molecular flexibility index (Phi) is 96.1. The molecule has 0 amide bonds. The van der Waals surface area contributed by atoms with Crippen molar-refractivity contribution in [2.45, 2.75) is 272 Å². The minimum absolute atomic E-state index is 0.123. The Hall–Kier alpha value is -3.91. The van der Waals surface area contributed by atoms with E-state index in [0.717, 1.165) is 44.4 Å². The lowest BCUT2D eigenvalue weighted by Gasteiger charge is -2.30. The highest BCUT2D eigenvalue weighted by Gasteiger charge is 2.29. The highest BCUT2D eigenvalue weighted by molar-refractivity contribution is 8.13. The molecule has 3 aromatic carbocycles. The van der Waals surface area contributed by atoms with Gasteiger partial charge in [0.2, 0.25) is 20.0 Å². The summed E-state index contributed by atoms with van der Waals surface area (Å²) in [7, 11) is -5.02. The zero-order valence-electron chi connectivity index (χ0n) is 61.5. The number of rotatable bonds is 13. The number of sulfonamides is 2. The molecule has 89 heavy (non-hydrogen) atoms. The van der Waals surface area contributed by atoms with E-state index in [4.69, 9.17) is 15.8 Å². The third-order valence-corrected chi connectivity index (χ3v) is 16.8. The van der Waals surface area contributed by atoms with E-state index in [1.165, 1.54) is 44.5 Å². The van der Waals surface area contributed by atoms with Crippen molar-refractivity contribution < 1.29 is 54.2 Å². The van der Waals surface area contributed by atoms with Gasteiger partial charge in [0.05, 0.1) is 27.9 Å². The predicted octanol–water partition coefficient (Wildman–Crippen LogP) is 19.6. The van der Waals surface area contributed by atoms with Crippen LogP contribution >= 0.6 is 10.7 Å². The molecule has 0 spiro atoms. The van der Waals surface area contributed by atoms with Gasteiger partial charge in [-0.15, -0.1) is 0 Å². The van der Waals surface area contributed by atoms with Crippen molar-refractivity contribution in [3.8, 4) is 0 Å². The Morgan fingerprint density at radius 3 is 0.798 bits per heavy atom. The molecule has 0 saturated carbocycles. The van der Waals surface area contributed by atoms with Crippen molar-refractivity contribution in [1.82, 2.24) is 13.9 Å². The number of benzene rings is 3. The first kappa shape index (κ1) is 107. The Balaban J connectivity index is -0.000000101. The molecule has 15 nitrogen and oxygen atoms in total. The van der Waals surface area contributed by atoms with Gasteiger partial charge in [-0.05, 0) is 120 Å². The normalized spacial score (nSPS) is 13.1. The van der Waals surface area contributed by atoms with Gasteiger partial charge in [0.1, 0.15) is 0 Å². The standard InChI is InChI=1S/2C13H19NO2S.C7H15N.C6H5ClO2S.2C5H10O2.C3H6O2.9C2H6/c2*1-2-12-8-10-14(11-9-12)17(15,16)13-6-4-3-5-7-13;1-2-7-3-5-8-6-4-7;7-10(8,9)6-4-2-1-3-5-6;2*1-3-5(6)7-4-2;1-2-3(4)5;9*1-2/h2*3-7,12H,2,8-11H2,1H3;7-8H,2-6H2,1H3;1-5H;2*3-4H2,1-2H3;2H2,1H3,(H,4,5);9*1-2H3. The second kappa shape index (κ2) is 80.2. The third-order valence-electron chi connectivity index (χ3n) is 11.6. The molecule has 0 unspecified atom stereocenters. The van der Waals surface area contributed by atoms with Crippen LogP contribution in [-0.4, -0.2) is 109 Å². The summed E-state index contributed by atoms with van der Waals surface area (Å²) in [5, 5.41) is 11.1. The zero-order chi connectivity index (χ0) is 71.7. The second-order valence-electron chi connectivity index (χ2n) is 16.6. The van der Waals surface area contributed by atoms with Gasteiger partial charge in [-0.1, -0.05) is 240 Å². The Morgan fingerprint density at radius 2 is 0.640 bits per heavy atom. The van der Waals surface area contributed by atoms with Gasteiger partial charge in [0.15, 0.2) is 0 Å². The van der Waals surface area contributed by atoms with E-state index in [9.17, 15) is 39.6 Å². The number of nitrogens with one attached hydrogen (secondary N) is 1. The molecular formula is C70H138ClN3O12S3. The lowest BCUT2D eigenvalue weighted by Crippen LogP contribution is -2.38. The number of nitrogens with zero attached hydrogens (tertiary/aromatic N) is 2. The molecule has 3 saturated heterocycles. The summed E-state index contributed by atoms with van der Waals surface area (Å²) in [6.45, 7) is 57.5. The molecule has 3 aliphatic heterocycles. The second-order valence-corrected chi connectivity index (χ2v) is 23.0. The van der Waals surface area contributed by atoms with Gasteiger partial charge in [0.25, 0.3) is 9.05 Å². The maximum atomic E-state index is 12.3. The summed E-state index contributed by atoms with van der Waals surface area (Å²) in [5.41, 5.74) is 0. The molecule has 2 N–H and O–H groups in total. The molecule has 0 bridgehead atoms. The average Bonchev–Trinajstić information content (AvgIpc) is 1.77. The van der Waals surface area contributed by atoms with Gasteiger partial charge < -0.3 is 19.9 Å². The van der Waals surface area contributed by atoms with E-state index in [1.54, 1.807) is 110 Å². The number of carboxylic acid groups (broad SMARTS) is 1. The number of ether oxygens (including phenoxy) is 2. The van der Waals surface area contributed by atoms with Crippen LogP contribution in [0, 0.1) is 17.8 Å². The molecule has 0 aromatic heterocycles. The Morgan fingerprint density at radius 1 is 0.416 bits per heavy atom. The molecular weight excluding hydrogens is 1210 g/mol. The number of carbonyl (C=O) groups is 3. The quantitative estimate of drug-likeness (QED) is 0.121. The topological polar surface area (TPSA) is 211 Å². The number of carboxylic acids is 1. The first-order chi connectivity index (χ1) is 42.7. The Bertz CT molecular complexity index is 2080. The first-order valence-corrected chi connectivity index (χ1v) is 39.2. The van der Waals surface area contributed by atoms with Crippen molar-refractivity contribution >= 4 is 57.7 Å². The fourth-order valence-electron chi connectivity index (χ4n) is 7.00. The average molecular weight is 1350 g/mol. The van der Waals surface area contributed by atoms with E-state index in [1.807, 2.05) is 137 Å². The minimum Gasteiger partial charge on any atom is -0.481 e. The summed E-state index contributed by atoms with van der Waals surface area (Å²) >= 11 is 0. The number of hydrogen-bond donors (Lipinski definition) is 2. The maximum Gasteiger partial charge on any atom is 0.305 e. The smallest absolute Gasteiger partial charge is 0.305 e. The van der Waals surface area contributed by atoms with Crippen molar-refractivity contribution in [2.75, 3.05) is 52.5 Å². The summed E-state index contributed by atoms with van der Waals surface area (Å²) < 4.78 is 82.8. The lowest BCUT2D eigenvalue weighted by atomic mass is 9.96. The lowest BCUT2D eigenvalue weighted by molar-refractivity contribution is -0.143. The van der Waals surface area contributed by atoms with Crippen molar-refractivity contribution in [1.29, 1.82) is 0 Å². The monoisotopic (exact) mass is 1340 g/mol. The predicted molar refractivity (Wildman–Crippen MR) is 386 cm³/mol. The molecule has 0 atom stereocenters. The van der Waals surface area contributed by atoms with Crippen LogP contribution in [0.2, 0.25) is 0 Å². The number of carbonyl (C=O) groups excluding carboxylic acids is 2. The van der Waals surface area contributed by atoms with Crippen molar-refractivity contribution in [2.24, 2.45) is 17.8 Å². The third kappa shape index (κ3) is 61.4. The van der Waals surface area contributed by atoms with Crippen molar-refractivity contribution in [3.63, 3.8) is 0 Å². The molecule has 3 aromatic rings. The van der Waals surface area contributed by atoms with Gasteiger partial charge >= 0.3 is 17.9 Å². The van der Waals surface area contributed by atoms with Crippen LogP contribution in [0.3, 0.4) is 0 Å². The van der Waals surface area contributed by atoms with Crippen LogP contribution in [0.15, 0.2) is 106 Å². The summed E-state index contributed by atoms with van der Waals surface area (Å²) in [6.07, 6.45) is 11.6. The fourth-order valence-corrected chi connectivity index (χ4v) is 10.8. The molecule has 0 aliphatic carbocycles. The minimum atomic E-state index is -3.53. The van der Waals surface area contributed by atoms with Gasteiger partial charge in [0, 0.05) is 56.1 Å². The maximum absolute atomic E-state index is 12.3. The van der Waals surface area contributed by atoms with Crippen LogP contribution < -0.4 is 5.32 Å². The molecule has 530 valence electrons. The van der Waals surface area contributed by atoms with E-state index in [0.29, 0.717) is 73.9 Å². The van der Waals surface area contributed by atoms with E-state index in [2.05, 4.69) is 35.6 Å². The molecule has 19 heteroatoms. The number of esters is 2. The molecule has 3 aliphatic rings. The number of halogens is 1. The molecule has 3 fully saturated rings. The first-order valence-electron chi connectivity index (χ1n) is 34.0. The summed E-state index contributed by atoms with van der Waals surface area (Å²) in [5.74, 6) is 1.42. The summed E-state index contributed by atoms with van der Waals surface area (Å²) in [6, 6.07) is 25.3. The van der Waals surface area contributed by atoms with Crippen LogP contribution in [0.1, 0.15) is 257 Å². The molecule has 3 heterocycles. The van der Waals surface area contributed by atoms with E-state index < -0.39 is 35.1 Å². The number of piperidine rings is 3. The molecule has 6 rings (SSSR count). The van der Waals surface area contributed by atoms with Crippen LogP contribution in [0.4, 0.5) is 0 Å². The SMILES string of the molecule is CC.CC.CC.CC.CC.CC.CC.CC.CC.CCC(=O)O.CCC1CCN(S(=O)(=O)c2ccccc2)CC1.CCC1CCN(S(=O)(=O)c2ccccc2)CC1.CCC1CCNCC1.CCOC(=O)CC.CCOC(=O)CC.O=S(=O)(Cl)c1ccccc1. The fraction of sp³-hybridized carbons (Fsp3) is 0.700. The van der Waals surface area contributed by atoms with Gasteiger partial charge in [-0.25, -0.2) is 25.3 Å². The zero-order valence-corrected chi connectivity index (χ0v) is 64.7. The van der Waals surface area contributed by atoms with E-state index >= 15 is 0 Å². The number of aliphatic carboxylic acids is 1. The van der Waals surface area contributed by atoms with Gasteiger partial charge in [-0.2, -0.15) is 8.61 Å². The summed E-state index contributed by atoms with van der Waals surface area (Å²) in [4.78, 5) is 30.7. The van der Waals surface area contributed by atoms with Gasteiger partial charge in [-0.3, -0.25) is 14.4 Å². The van der Waals surface area contributed by atoms with E-state index in [-0.39, 0.29) is 23.3 Å². The Labute approximate surface area is 555 Å². The van der Waals surface area contributed by atoms with Crippen LogP contribution in [0.5, 0.6) is 0 Å².